The number of amides is 2. The number of primary amides is 1. The van der Waals surface area contributed by atoms with Crippen LogP contribution in [0.1, 0.15) is 0 Å². The van der Waals surface area contributed by atoms with Gasteiger partial charge >= 0.3 is 6.03 Å². The maximum atomic E-state index is 11.6. The van der Waals surface area contributed by atoms with Gasteiger partial charge in [0.1, 0.15) is 4.90 Å². The first-order valence-corrected chi connectivity index (χ1v) is 6.09. The third-order valence-corrected chi connectivity index (χ3v) is 3.46. The van der Waals surface area contributed by atoms with Gasteiger partial charge in [0.25, 0.3) is 10.0 Å². The van der Waals surface area contributed by atoms with Gasteiger partial charge < -0.3 is 5.73 Å². The van der Waals surface area contributed by atoms with E-state index in [-0.39, 0.29) is 9.92 Å². The average molecular weight is 284 g/mol. The zero-order valence-electron chi connectivity index (χ0n) is 7.70. The first kappa shape index (κ1) is 13.0. The van der Waals surface area contributed by atoms with Crippen LogP contribution in [0.2, 0.25) is 10.0 Å². The molecule has 0 spiro atoms. The fourth-order valence-electron chi connectivity index (χ4n) is 0.866. The molecule has 0 saturated heterocycles. The van der Waals surface area contributed by atoms with Crippen molar-refractivity contribution in [2.75, 3.05) is 0 Å². The van der Waals surface area contributed by atoms with Gasteiger partial charge in [0.2, 0.25) is 0 Å². The summed E-state index contributed by atoms with van der Waals surface area (Å²) in [5, 5.41) is 0.234. The minimum absolute atomic E-state index is 0.0636. The van der Waals surface area contributed by atoms with Crippen molar-refractivity contribution in [3.8, 4) is 0 Å². The Morgan fingerprint density at radius 1 is 1.31 bits per heavy atom. The second kappa shape index (κ2) is 4.88. The summed E-state index contributed by atoms with van der Waals surface area (Å²) in [4.78, 5) is 11.9. The Morgan fingerprint density at radius 2 is 1.94 bits per heavy atom. The van der Waals surface area contributed by atoms with Crippen molar-refractivity contribution < 1.29 is 13.2 Å². The standard InChI is InChI=1S/C7H7Cl2N3O3S/c8-4-1-2-6(5(9)3-4)16(14,15)12-11-7(10)13/h1-3,12H,(H3,10,11,13). The number of nitrogens with one attached hydrogen (secondary N) is 2. The van der Waals surface area contributed by atoms with E-state index in [1.165, 1.54) is 18.2 Å². The number of hydrogen-bond acceptors (Lipinski definition) is 3. The molecule has 6 nitrogen and oxygen atoms in total. The van der Waals surface area contributed by atoms with Gasteiger partial charge in [-0.1, -0.05) is 23.2 Å². The van der Waals surface area contributed by atoms with Gasteiger partial charge in [0, 0.05) is 5.02 Å². The molecule has 0 fully saturated rings. The summed E-state index contributed by atoms with van der Waals surface area (Å²) >= 11 is 11.3. The van der Waals surface area contributed by atoms with E-state index in [4.69, 9.17) is 28.9 Å². The molecule has 1 aromatic rings. The quantitative estimate of drug-likeness (QED) is 0.717. The molecule has 0 atom stereocenters. The Morgan fingerprint density at radius 3 is 2.44 bits per heavy atom. The number of hydrazine groups is 1. The van der Waals surface area contributed by atoms with Crippen LogP contribution in [0.15, 0.2) is 23.1 Å². The lowest BCUT2D eigenvalue weighted by molar-refractivity contribution is 0.247. The molecule has 88 valence electrons. The molecule has 4 N–H and O–H groups in total. The summed E-state index contributed by atoms with van der Waals surface area (Å²) < 4.78 is 23.1. The van der Waals surface area contributed by atoms with Crippen LogP contribution in [0.5, 0.6) is 0 Å². The highest BCUT2D eigenvalue weighted by Crippen LogP contribution is 2.24. The molecular formula is C7H7Cl2N3O3S. The van der Waals surface area contributed by atoms with Gasteiger partial charge in [-0.25, -0.2) is 13.2 Å². The van der Waals surface area contributed by atoms with Crippen molar-refractivity contribution in [2.24, 2.45) is 5.73 Å². The lowest BCUT2D eigenvalue weighted by atomic mass is 10.4. The lowest BCUT2D eigenvalue weighted by Gasteiger charge is -2.07. The molecule has 0 heterocycles. The van der Waals surface area contributed by atoms with E-state index in [1.807, 2.05) is 0 Å². The molecule has 16 heavy (non-hydrogen) atoms. The van der Waals surface area contributed by atoms with Crippen molar-refractivity contribution in [1.29, 1.82) is 0 Å². The van der Waals surface area contributed by atoms with Crippen LogP contribution in [0, 0.1) is 0 Å². The van der Waals surface area contributed by atoms with Gasteiger partial charge in [-0.05, 0) is 18.2 Å². The van der Waals surface area contributed by atoms with E-state index in [0.29, 0.717) is 5.02 Å². The van der Waals surface area contributed by atoms with Crippen LogP contribution in [0.25, 0.3) is 0 Å². The second-order valence-electron chi connectivity index (χ2n) is 2.67. The number of rotatable bonds is 3. The molecule has 9 heteroatoms. The Kier molecular flexibility index (Phi) is 3.98. The zero-order valence-corrected chi connectivity index (χ0v) is 10.0. The number of nitrogens with two attached hydrogens (primary N) is 1. The van der Waals surface area contributed by atoms with Crippen molar-refractivity contribution in [1.82, 2.24) is 10.3 Å². The normalized spacial score (nSPS) is 11.1. The van der Waals surface area contributed by atoms with Crippen LogP contribution in [-0.4, -0.2) is 14.4 Å². The number of hydrogen-bond donors (Lipinski definition) is 3. The van der Waals surface area contributed by atoms with Gasteiger partial charge in [-0.2, -0.15) is 0 Å². The zero-order chi connectivity index (χ0) is 12.3. The van der Waals surface area contributed by atoms with Crippen LogP contribution in [0.3, 0.4) is 0 Å². The fraction of sp³-hybridized carbons (Fsp3) is 0. The molecule has 2 amide bonds. The van der Waals surface area contributed by atoms with Crippen molar-refractivity contribution in [2.45, 2.75) is 4.90 Å². The molecule has 0 unspecified atom stereocenters. The summed E-state index contributed by atoms with van der Waals surface area (Å²) in [7, 11) is -3.96. The largest absolute Gasteiger partial charge is 0.351 e. The summed E-state index contributed by atoms with van der Waals surface area (Å²) in [5.41, 5.74) is 6.44. The number of urea groups is 1. The molecule has 0 aliphatic heterocycles. The molecule has 0 saturated carbocycles. The molecule has 0 aliphatic rings. The molecule has 1 aromatic carbocycles. The smallest absolute Gasteiger partial charge is 0.327 e. The number of carbonyl (C=O) groups is 1. The third kappa shape index (κ3) is 3.24. The second-order valence-corrected chi connectivity index (χ2v) is 5.16. The first-order valence-electron chi connectivity index (χ1n) is 3.85. The molecule has 0 aliphatic carbocycles. The maximum absolute atomic E-state index is 11.6. The lowest BCUT2D eigenvalue weighted by Crippen LogP contribution is -2.44. The highest BCUT2D eigenvalue weighted by atomic mass is 35.5. The van der Waals surface area contributed by atoms with Crippen molar-refractivity contribution >= 4 is 39.3 Å². The highest BCUT2D eigenvalue weighted by molar-refractivity contribution is 7.89. The van der Waals surface area contributed by atoms with Crippen LogP contribution < -0.4 is 16.0 Å². The van der Waals surface area contributed by atoms with E-state index in [1.54, 1.807) is 10.3 Å². The summed E-state index contributed by atoms with van der Waals surface area (Å²) in [6, 6.07) is 2.79. The minimum atomic E-state index is -3.96. The Hall–Kier alpha value is -1.02. The third-order valence-electron chi connectivity index (χ3n) is 1.49. The van der Waals surface area contributed by atoms with Gasteiger partial charge in [0.15, 0.2) is 0 Å². The summed E-state index contributed by atoms with van der Waals surface area (Å²) in [6.07, 6.45) is 0. The Labute approximate surface area is 102 Å². The van der Waals surface area contributed by atoms with E-state index in [9.17, 15) is 13.2 Å². The van der Waals surface area contributed by atoms with E-state index in [0.717, 1.165) is 0 Å². The number of benzene rings is 1. The van der Waals surface area contributed by atoms with Crippen LogP contribution >= 0.6 is 23.2 Å². The molecule has 1 rings (SSSR count). The SMILES string of the molecule is NC(=O)NNS(=O)(=O)c1ccc(Cl)cc1Cl. The van der Waals surface area contributed by atoms with Crippen molar-refractivity contribution in [3.05, 3.63) is 28.2 Å². The van der Waals surface area contributed by atoms with Crippen molar-refractivity contribution in [3.63, 3.8) is 0 Å². The predicted octanol–water partition coefficient (Wildman–Crippen LogP) is 0.855. The molecule has 0 aromatic heterocycles. The van der Waals surface area contributed by atoms with Gasteiger partial charge in [0.05, 0.1) is 5.02 Å². The topological polar surface area (TPSA) is 101 Å². The predicted molar refractivity (Wildman–Crippen MR) is 59.5 cm³/mol. The fourth-order valence-corrected chi connectivity index (χ4v) is 2.49. The molecule has 0 bridgehead atoms. The summed E-state index contributed by atoms with van der Waals surface area (Å²) in [5.74, 6) is 0. The van der Waals surface area contributed by atoms with Crippen LogP contribution in [0.4, 0.5) is 4.79 Å². The monoisotopic (exact) mass is 283 g/mol. The van der Waals surface area contributed by atoms with E-state index < -0.39 is 16.1 Å². The number of sulfonamides is 1. The average Bonchev–Trinajstić information content (AvgIpc) is 2.14. The minimum Gasteiger partial charge on any atom is -0.351 e. The highest BCUT2D eigenvalue weighted by Gasteiger charge is 2.18. The first-order chi connectivity index (χ1) is 7.33. The van der Waals surface area contributed by atoms with Gasteiger partial charge in [-0.15, -0.1) is 4.83 Å². The Bertz CT molecular complexity index is 518. The molecule has 0 radical (unpaired) electrons. The number of carbonyl (C=O) groups excluding carboxylic acids is 1. The van der Waals surface area contributed by atoms with Crippen LogP contribution in [-0.2, 0) is 10.0 Å². The Balaban J connectivity index is 3.03. The summed E-state index contributed by atoms with van der Waals surface area (Å²) in [6.45, 7) is 0. The van der Waals surface area contributed by atoms with E-state index in [2.05, 4.69) is 0 Å². The van der Waals surface area contributed by atoms with Gasteiger partial charge in [-0.3, -0.25) is 5.43 Å². The number of halogens is 2. The maximum Gasteiger partial charge on any atom is 0.327 e. The van der Waals surface area contributed by atoms with E-state index >= 15 is 0 Å². The molecular weight excluding hydrogens is 277 g/mol.